The molecule has 0 amide bonds. The second kappa shape index (κ2) is 6.79. The molecule has 74 valence electrons. The van der Waals surface area contributed by atoms with Crippen molar-refractivity contribution in [2.45, 2.75) is 25.6 Å². The highest BCUT2D eigenvalue weighted by Crippen LogP contribution is 2.10. The van der Waals surface area contributed by atoms with E-state index in [4.69, 9.17) is 9.85 Å². The van der Waals surface area contributed by atoms with Crippen LogP contribution in [0.25, 0.3) is 0 Å². The summed E-state index contributed by atoms with van der Waals surface area (Å²) >= 11 is 0. The molecule has 0 unspecified atom stereocenters. The zero-order chi connectivity index (χ0) is 9.45. The summed E-state index contributed by atoms with van der Waals surface area (Å²) in [6, 6.07) is 1.26. The predicted octanol–water partition coefficient (Wildman–Crippen LogP) is -0.573. The average molecular weight is 206 g/mol. The van der Waals surface area contributed by atoms with Crippen LogP contribution in [0.4, 0.5) is 0 Å². The van der Waals surface area contributed by atoms with E-state index in [0.717, 1.165) is 30.1 Å². The van der Waals surface area contributed by atoms with E-state index in [0.29, 0.717) is 0 Å². The van der Waals surface area contributed by atoms with Gasteiger partial charge in [-0.15, -0.1) is 0 Å². The Labute approximate surface area is 79.7 Å². The molecule has 0 aliphatic rings. The molecule has 0 spiro atoms. The molecule has 0 rings (SSSR count). The van der Waals surface area contributed by atoms with Crippen LogP contribution in [0.3, 0.4) is 0 Å². The topological polar surface area (TPSA) is 47.3 Å². The van der Waals surface area contributed by atoms with E-state index in [2.05, 4.69) is 18.4 Å². The number of nitrogens with one attached hydrogen (secondary N) is 1. The van der Waals surface area contributed by atoms with Gasteiger partial charge in [0.15, 0.2) is 8.32 Å². The van der Waals surface area contributed by atoms with Gasteiger partial charge in [0.05, 0.1) is 0 Å². The Kier molecular flexibility index (Phi) is 6.97. The van der Waals surface area contributed by atoms with Gasteiger partial charge in [-0.3, -0.25) is 0 Å². The summed E-state index contributed by atoms with van der Waals surface area (Å²) in [4.78, 5) is 0. The third-order valence-electron chi connectivity index (χ3n) is 2.01. The van der Waals surface area contributed by atoms with Crippen molar-refractivity contribution in [1.29, 1.82) is 0 Å². The Morgan fingerprint density at radius 1 is 1.42 bits per heavy atom. The summed E-state index contributed by atoms with van der Waals surface area (Å²) < 4.78 is 5.57. The first-order valence-electron chi connectivity index (χ1n) is 4.58. The van der Waals surface area contributed by atoms with E-state index < -0.39 is 8.32 Å². The molecule has 0 bridgehead atoms. The maximum atomic E-state index is 5.57. The molecule has 3 N–H and O–H groups in total. The van der Waals surface area contributed by atoms with E-state index in [1.165, 1.54) is 12.5 Å². The van der Waals surface area contributed by atoms with Gasteiger partial charge < -0.3 is 15.2 Å². The smallest absolute Gasteiger partial charge is 0.172 e. The molecule has 12 heavy (non-hydrogen) atoms. The Balaban J connectivity index is 3.19. The minimum atomic E-state index is -1.25. The molecular weight excluding hydrogens is 184 g/mol. The van der Waals surface area contributed by atoms with Gasteiger partial charge >= 0.3 is 0 Å². The van der Waals surface area contributed by atoms with Gasteiger partial charge in [0.25, 0.3) is 0 Å². The van der Waals surface area contributed by atoms with Crippen molar-refractivity contribution in [3.63, 3.8) is 0 Å². The second-order valence-corrected chi connectivity index (χ2v) is 9.26. The fourth-order valence-corrected chi connectivity index (χ4v) is 2.81. The lowest BCUT2D eigenvalue weighted by Crippen LogP contribution is -2.31. The first-order valence-corrected chi connectivity index (χ1v) is 8.51. The minimum Gasteiger partial charge on any atom is -0.463 e. The van der Waals surface area contributed by atoms with Crippen LogP contribution < -0.4 is 11.1 Å². The first-order chi connectivity index (χ1) is 5.62. The maximum Gasteiger partial charge on any atom is 0.172 e. The monoisotopic (exact) mass is 206 g/mol. The summed E-state index contributed by atoms with van der Waals surface area (Å²) in [5, 5.41) is 3.28. The minimum absolute atomic E-state index is 0.734. The lowest BCUT2D eigenvalue weighted by molar-refractivity contribution is 0.590. The molecule has 0 fully saturated rings. The van der Waals surface area contributed by atoms with Crippen LogP contribution in [0.5, 0.6) is 0 Å². The van der Waals surface area contributed by atoms with E-state index in [1.807, 2.05) is 0 Å². The molecule has 3 nitrogen and oxygen atoms in total. The number of rotatable bonds is 7. The first kappa shape index (κ1) is 12.3. The number of nitrogens with two attached hydrogens (primary N) is 1. The average Bonchev–Trinajstić information content (AvgIpc) is 2.04. The molecule has 0 saturated carbocycles. The molecule has 5 heteroatoms. The molecule has 0 aliphatic carbocycles. The standard InChI is InChI=1S/C7H22N2OSi2/c1-12(2,10-11)7-3-5-9-6-4-8/h9H,3-8H2,1-2,11H3. The van der Waals surface area contributed by atoms with Crippen molar-refractivity contribution in [1.82, 2.24) is 5.32 Å². The zero-order valence-corrected chi connectivity index (χ0v) is 11.5. The molecule has 0 aromatic carbocycles. The molecule has 0 aromatic rings. The van der Waals surface area contributed by atoms with E-state index in [-0.39, 0.29) is 0 Å². The fraction of sp³-hybridized carbons (Fsp3) is 1.00. The van der Waals surface area contributed by atoms with Crippen LogP contribution in [0, 0.1) is 0 Å². The highest BCUT2D eigenvalue weighted by atomic mass is 28.4. The highest BCUT2D eigenvalue weighted by molar-refractivity contribution is 6.73. The van der Waals surface area contributed by atoms with E-state index in [1.54, 1.807) is 0 Å². The lowest BCUT2D eigenvalue weighted by Gasteiger charge is -2.20. The van der Waals surface area contributed by atoms with Crippen LogP contribution in [0.1, 0.15) is 6.42 Å². The quantitative estimate of drug-likeness (QED) is 0.433. The van der Waals surface area contributed by atoms with Gasteiger partial charge in [-0.2, -0.15) is 0 Å². The van der Waals surface area contributed by atoms with Crippen molar-refractivity contribution in [2.24, 2.45) is 5.73 Å². The van der Waals surface area contributed by atoms with E-state index in [9.17, 15) is 0 Å². The van der Waals surface area contributed by atoms with Crippen molar-refractivity contribution in [2.75, 3.05) is 19.6 Å². The van der Waals surface area contributed by atoms with Crippen LogP contribution >= 0.6 is 0 Å². The zero-order valence-electron chi connectivity index (χ0n) is 8.52. The van der Waals surface area contributed by atoms with Gasteiger partial charge in [0.2, 0.25) is 0 Å². The molecule has 0 radical (unpaired) electrons. The number of hydrogen-bond acceptors (Lipinski definition) is 3. The third kappa shape index (κ3) is 6.99. The van der Waals surface area contributed by atoms with Crippen LogP contribution in [0.2, 0.25) is 19.1 Å². The van der Waals surface area contributed by atoms with Gasteiger partial charge in [-0.1, -0.05) is 0 Å². The third-order valence-corrected chi connectivity index (χ3v) is 7.98. The summed E-state index contributed by atoms with van der Waals surface area (Å²) in [7, 11) is -0.358. The van der Waals surface area contributed by atoms with Gasteiger partial charge in [0, 0.05) is 13.1 Å². The molecule has 0 aromatic heterocycles. The Morgan fingerprint density at radius 2 is 2.08 bits per heavy atom. The fourth-order valence-electron chi connectivity index (χ4n) is 0.968. The van der Waals surface area contributed by atoms with Crippen molar-refractivity contribution >= 4 is 18.8 Å². The Morgan fingerprint density at radius 3 is 2.58 bits per heavy atom. The van der Waals surface area contributed by atoms with Crippen molar-refractivity contribution in [3.05, 3.63) is 0 Å². The SMILES string of the molecule is C[Si](C)(CCCNCCN)O[SiH3]. The lowest BCUT2D eigenvalue weighted by atomic mass is 10.5. The van der Waals surface area contributed by atoms with Crippen LogP contribution in [0.15, 0.2) is 0 Å². The number of hydrogen-bond donors (Lipinski definition) is 2. The largest absolute Gasteiger partial charge is 0.463 e. The molecular formula is C7H22N2OSi2. The van der Waals surface area contributed by atoms with Crippen molar-refractivity contribution in [3.8, 4) is 0 Å². The molecule has 0 heterocycles. The summed E-state index contributed by atoms with van der Waals surface area (Å²) in [6.45, 7) is 7.31. The predicted molar refractivity (Wildman–Crippen MR) is 59.9 cm³/mol. The van der Waals surface area contributed by atoms with Crippen LogP contribution in [-0.4, -0.2) is 38.4 Å². The Hall–Kier alpha value is 0.314. The molecule has 0 aliphatic heterocycles. The van der Waals surface area contributed by atoms with Gasteiger partial charge in [-0.25, -0.2) is 0 Å². The molecule has 0 saturated heterocycles. The second-order valence-electron chi connectivity index (χ2n) is 3.61. The Bertz CT molecular complexity index is 112. The van der Waals surface area contributed by atoms with E-state index >= 15 is 0 Å². The van der Waals surface area contributed by atoms with Gasteiger partial charge in [-0.05, 0) is 32.1 Å². The summed E-state index contributed by atoms with van der Waals surface area (Å²) in [5.74, 6) is 0. The highest BCUT2D eigenvalue weighted by Gasteiger charge is 2.18. The summed E-state index contributed by atoms with van der Waals surface area (Å²) in [5.41, 5.74) is 5.35. The van der Waals surface area contributed by atoms with Crippen LogP contribution in [-0.2, 0) is 4.12 Å². The van der Waals surface area contributed by atoms with Gasteiger partial charge in [0.1, 0.15) is 10.5 Å². The summed E-state index contributed by atoms with van der Waals surface area (Å²) in [6.07, 6.45) is 1.22. The van der Waals surface area contributed by atoms with Crippen molar-refractivity contribution < 1.29 is 4.12 Å². The molecule has 0 atom stereocenters. The normalized spacial score (nSPS) is 12.2. The maximum absolute atomic E-state index is 5.57.